The third kappa shape index (κ3) is 9.35. The number of carbonyl (C=O) groups is 2. The molecule has 1 aromatic rings. The van der Waals surface area contributed by atoms with E-state index in [4.69, 9.17) is 24.5 Å². The maximum absolute atomic E-state index is 10.8. The molecule has 0 radical (unpaired) electrons. The lowest BCUT2D eigenvalue weighted by Crippen LogP contribution is -2.46. The fourth-order valence-electron chi connectivity index (χ4n) is 2.88. The molecule has 0 saturated carbocycles. The van der Waals surface area contributed by atoms with Crippen molar-refractivity contribution in [2.75, 3.05) is 45.9 Å². The van der Waals surface area contributed by atoms with Crippen LogP contribution in [0.25, 0.3) is 0 Å². The second-order valence-corrected chi connectivity index (χ2v) is 6.65. The smallest absolute Gasteiger partial charge is 0.414 e. The first-order valence-corrected chi connectivity index (χ1v) is 9.53. The topological polar surface area (TPSA) is 133 Å². The van der Waals surface area contributed by atoms with Gasteiger partial charge in [0.15, 0.2) is 0 Å². The van der Waals surface area contributed by atoms with Crippen molar-refractivity contribution in [1.82, 2.24) is 9.80 Å². The summed E-state index contributed by atoms with van der Waals surface area (Å²) >= 11 is 0. The Morgan fingerprint density at radius 2 is 1.69 bits per heavy atom. The number of aryl methyl sites for hydroxylation is 1. The summed E-state index contributed by atoms with van der Waals surface area (Å²) in [7, 11) is 0. The zero-order valence-corrected chi connectivity index (χ0v) is 16.9. The van der Waals surface area contributed by atoms with Gasteiger partial charge in [-0.1, -0.05) is 6.92 Å². The Bertz CT molecular complexity index is 676. The Labute approximate surface area is 169 Å². The van der Waals surface area contributed by atoms with Crippen LogP contribution in [0.3, 0.4) is 0 Å². The van der Waals surface area contributed by atoms with Crippen LogP contribution in [0.1, 0.15) is 25.3 Å². The predicted molar refractivity (Wildman–Crippen MR) is 106 cm³/mol. The molecule has 0 atom stereocenters. The van der Waals surface area contributed by atoms with Crippen molar-refractivity contribution in [2.45, 2.75) is 26.7 Å². The van der Waals surface area contributed by atoms with E-state index in [2.05, 4.69) is 16.7 Å². The van der Waals surface area contributed by atoms with E-state index in [1.54, 1.807) is 19.1 Å². The molecule has 1 heterocycles. The number of ether oxygens (including phenoxy) is 1. The summed E-state index contributed by atoms with van der Waals surface area (Å²) in [6.07, 6.45) is 2.13. The maximum Gasteiger partial charge on any atom is 0.414 e. The number of nitro groups is 1. The highest BCUT2D eigenvalue weighted by Gasteiger charge is 2.14. The number of aliphatic carboxylic acids is 2. The molecule has 29 heavy (non-hydrogen) atoms. The van der Waals surface area contributed by atoms with Gasteiger partial charge < -0.3 is 24.7 Å². The summed E-state index contributed by atoms with van der Waals surface area (Å²) in [5, 5.41) is 25.6. The molecule has 0 unspecified atom stereocenters. The highest BCUT2D eigenvalue weighted by molar-refractivity contribution is 6.27. The van der Waals surface area contributed by atoms with E-state index in [-0.39, 0.29) is 10.6 Å². The van der Waals surface area contributed by atoms with Gasteiger partial charge in [0, 0.05) is 37.8 Å². The van der Waals surface area contributed by atoms with Crippen LogP contribution in [-0.4, -0.2) is 82.8 Å². The van der Waals surface area contributed by atoms with Gasteiger partial charge in [0.1, 0.15) is 5.75 Å². The Morgan fingerprint density at radius 3 is 2.17 bits per heavy atom. The minimum Gasteiger partial charge on any atom is -0.494 e. The number of likely N-dealkylation sites (N-methyl/N-ethyl adjacent to an activating group) is 1. The van der Waals surface area contributed by atoms with Crippen LogP contribution >= 0.6 is 0 Å². The zero-order chi connectivity index (χ0) is 21.8. The minimum absolute atomic E-state index is 0.142. The molecule has 0 amide bonds. The molecule has 1 aromatic carbocycles. The van der Waals surface area contributed by atoms with Crippen LogP contribution in [0.5, 0.6) is 5.75 Å². The second-order valence-electron chi connectivity index (χ2n) is 6.65. The lowest BCUT2D eigenvalue weighted by Gasteiger charge is -2.33. The van der Waals surface area contributed by atoms with E-state index < -0.39 is 11.9 Å². The third-order valence-electron chi connectivity index (χ3n) is 4.60. The molecule has 1 aliphatic heterocycles. The summed E-state index contributed by atoms with van der Waals surface area (Å²) in [6, 6.07) is 4.93. The molecule has 162 valence electrons. The number of carboxylic acid groups (broad SMARTS) is 2. The van der Waals surface area contributed by atoms with Crippen molar-refractivity contribution >= 4 is 17.6 Å². The van der Waals surface area contributed by atoms with E-state index in [9.17, 15) is 10.1 Å². The average molecular weight is 411 g/mol. The molecular weight excluding hydrogens is 382 g/mol. The lowest BCUT2D eigenvalue weighted by molar-refractivity contribution is -0.385. The highest BCUT2D eigenvalue weighted by Crippen LogP contribution is 2.23. The molecular formula is C19H29N3O7. The van der Waals surface area contributed by atoms with Crippen molar-refractivity contribution < 1.29 is 29.5 Å². The quantitative estimate of drug-likeness (QED) is 0.284. The number of benzene rings is 1. The number of rotatable bonds is 8. The standard InChI is InChI=1S/C17H27N3O3.C2H2O4/c1-3-18-9-11-19(12-10-18)8-4-5-13-23-16-6-7-17(20(21)22)15(2)14-16;3-1(4)2(5)6/h6-7,14H,3-5,8-13H2,1-2H3;(H,3,4)(H,5,6). The molecule has 10 nitrogen and oxygen atoms in total. The molecule has 1 aliphatic rings. The molecule has 0 spiro atoms. The van der Waals surface area contributed by atoms with E-state index in [0.717, 1.165) is 39.0 Å². The van der Waals surface area contributed by atoms with Crippen molar-refractivity contribution in [3.8, 4) is 5.75 Å². The van der Waals surface area contributed by atoms with Crippen molar-refractivity contribution in [3.05, 3.63) is 33.9 Å². The number of hydrogen-bond donors (Lipinski definition) is 2. The summed E-state index contributed by atoms with van der Waals surface area (Å²) in [6.45, 7) is 11.6. The largest absolute Gasteiger partial charge is 0.494 e. The van der Waals surface area contributed by atoms with Gasteiger partial charge >= 0.3 is 11.9 Å². The van der Waals surface area contributed by atoms with Gasteiger partial charge in [-0.2, -0.15) is 0 Å². The van der Waals surface area contributed by atoms with Crippen molar-refractivity contribution in [3.63, 3.8) is 0 Å². The molecule has 1 saturated heterocycles. The minimum atomic E-state index is -1.82. The first kappa shape index (κ1) is 24.3. The lowest BCUT2D eigenvalue weighted by atomic mass is 10.2. The normalized spacial score (nSPS) is 14.6. The van der Waals surface area contributed by atoms with E-state index >= 15 is 0 Å². The molecule has 0 aromatic heterocycles. The fourth-order valence-corrected chi connectivity index (χ4v) is 2.88. The highest BCUT2D eigenvalue weighted by atomic mass is 16.6. The summed E-state index contributed by atoms with van der Waals surface area (Å²) < 4.78 is 5.70. The number of unbranched alkanes of at least 4 members (excludes halogenated alkanes) is 1. The predicted octanol–water partition coefficient (Wildman–Crippen LogP) is 1.86. The van der Waals surface area contributed by atoms with Gasteiger partial charge in [-0.25, -0.2) is 9.59 Å². The van der Waals surface area contributed by atoms with Gasteiger partial charge in [0.25, 0.3) is 5.69 Å². The molecule has 2 N–H and O–H groups in total. The third-order valence-corrected chi connectivity index (χ3v) is 4.60. The number of piperazine rings is 1. The maximum atomic E-state index is 10.8. The monoisotopic (exact) mass is 411 g/mol. The Morgan fingerprint density at radius 1 is 1.10 bits per heavy atom. The summed E-state index contributed by atoms with van der Waals surface area (Å²) in [4.78, 5) is 33.6. The van der Waals surface area contributed by atoms with Crippen LogP contribution in [0.2, 0.25) is 0 Å². The fraction of sp³-hybridized carbons (Fsp3) is 0.579. The van der Waals surface area contributed by atoms with Crippen molar-refractivity contribution in [2.24, 2.45) is 0 Å². The van der Waals surface area contributed by atoms with Gasteiger partial charge in [0.2, 0.25) is 0 Å². The molecule has 10 heteroatoms. The van der Waals surface area contributed by atoms with Crippen LogP contribution in [-0.2, 0) is 9.59 Å². The first-order valence-electron chi connectivity index (χ1n) is 9.53. The van der Waals surface area contributed by atoms with Gasteiger partial charge in [-0.3, -0.25) is 10.1 Å². The van der Waals surface area contributed by atoms with Crippen molar-refractivity contribution in [1.29, 1.82) is 0 Å². The molecule has 0 bridgehead atoms. The molecule has 0 aliphatic carbocycles. The number of carboxylic acids is 2. The Balaban J connectivity index is 0.000000612. The summed E-state index contributed by atoms with van der Waals surface area (Å²) in [5.74, 6) is -2.94. The van der Waals surface area contributed by atoms with Crippen LogP contribution in [0.15, 0.2) is 18.2 Å². The zero-order valence-electron chi connectivity index (χ0n) is 16.9. The Hall–Kier alpha value is -2.72. The Kier molecular flexibility index (Phi) is 10.6. The molecule has 1 fully saturated rings. The van der Waals surface area contributed by atoms with Crippen LogP contribution < -0.4 is 4.74 Å². The van der Waals surface area contributed by atoms with Gasteiger partial charge in [-0.05, 0) is 45.0 Å². The number of nitro benzene ring substituents is 1. The molecule has 2 rings (SSSR count). The number of nitrogens with zero attached hydrogens (tertiary/aromatic N) is 3. The van der Waals surface area contributed by atoms with Gasteiger partial charge in [0.05, 0.1) is 11.5 Å². The SMILES string of the molecule is CCN1CCN(CCCCOc2ccc([N+](=O)[O-])c(C)c2)CC1.O=C(O)C(=O)O. The summed E-state index contributed by atoms with van der Waals surface area (Å²) in [5.41, 5.74) is 0.782. The van der Waals surface area contributed by atoms with E-state index in [1.807, 2.05) is 0 Å². The van der Waals surface area contributed by atoms with Crippen LogP contribution in [0, 0.1) is 17.0 Å². The average Bonchev–Trinajstić information content (AvgIpc) is 2.68. The number of hydrogen-bond acceptors (Lipinski definition) is 7. The van der Waals surface area contributed by atoms with E-state index in [1.165, 1.54) is 19.2 Å². The van der Waals surface area contributed by atoms with Crippen LogP contribution in [0.4, 0.5) is 5.69 Å². The first-order chi connectivity index (χ1) is 13.7. The van der Waals surface area contributed by atoms with E-state index in [0.29, 0.717) is 17.9 Å². The second kappa shape index (κ2) is 12.7. The van der Waals surface area contributed by atoms with Gasteiger partial charge in [-0.15, -0.1) is 0 Å².